The number of benzene rings is 1. The van der Waals surface area contributed by atoms with Crippen LogP contribution in [0.5, 0.6) is 0 Å². The number of aromatic nitrogens is 2. The highest BCUT2D eigenvalue weighted by Gasteiger charge is 2.21. The number of hydrogen-bond acceptors (Lipinski definition) is 4. The van der Waals surface area contributed by atoms with E-state index in [1.165, 1.54) is 31.0 Å². The minimum absolute atomic E-state index is 0.0479. The van der Waals surface area contributed by atoms with Gasteiger partial charge >= 0.3 is 0 Å². The fraction of sp³-hybridized carbons (Fsp3) is 0.500. The fourth-order valence-electron chi connectivity index (χ4n) is 2.98. The third kappa shape index (κ3) is 3.98. The highest BCUT2D eigenvalue weighted by atomic mass is 32.2. The first-order valence-corrected chi connectivity index (χ1v) is 9.53. The van der Waals surface area contributed by atoms with Crippen molar-refractivity contribution in [2.45, 2.75) is 56.4 Å². The van der Waals surface area contributed by atoms with Gasteiger partial charge in [0, 0.05) is 5.71 Å². The van der Waals surface area contributed by atoms with Gasteiger partial charge in [-0.05, 0) is 43.7 Å². The zero-order valence-electron chi connectivity index (χ0n) is 14.2. The van der Waals surface area contributed by atoms with Gasteiger partial charge in [-0.15, -0.1) is 0 Å². The predicted octanol–water partition coefficient (Wildman–Crippen LogP) is 4.12. The maximum atomic E-state index is 12.5. The van der Waals surface area contributed by atoms with Gasteiger partial charge in [0.15, 0.2) is 5.16 Å². The van der Waals surface area contributed by atoms with E-state index in [1.54, 1.807) is 0 Å². The van der Waals surface area contributed by atoms with Crippen molar-refractivity contribution < 1.29 is 4.79 Å². The minimum Gasteiger partial charge on any atom is -0.333 e. The quantitative estimate of drug-likeness (QED) is 0.633. The van der Waals surface area contributed by atoms with Gasteiger partial charge in [0.1, 0.15) is 0 Å². The molecule has 1 fully saturated rings. The van der Waals surface area contributed by atoms with E-state index in [9.17, 15) is 4.79 Å². The van der Waals surface area contributed by atoms with Crippen LogP contribution in [0.15, 0.2) is 34.5 Å². The van der Waals surface area contributed by atoms with Gasteiger partial charge in [0.2, 0.25) is 0 Å². The lowest BCUT2D eigenvalue weighted by Gasteiger charge is -2.20. The number of carbonyl (C=O) groups is 1. The number of para-hydroxylation sites is 2. The van der Waals surface area contributed by atoms with Crippen LogP contribution in [0.3, 0.4) is 0 Å². The second kappa shape index (κ2) is 7.83. The van der Waals surface area contributed by atoms with Gasteiger partial charge in [0.25, 0.3) is 5.91 Å². The maximum Gasteiger partial charge on any atom is 0.253 e. The predicted molar refractivity (Wildman–Crippen MR) is 99.2 cm³/mol. The summed E-state index contributed by atoms with van der Waals surface area (Å²) in [6.07, 6.45) is 5.32. The first-order valence-electron chi connectivity index (χ1n) is 8.65. The van der Waals surface area contributed by atoms with Crippen molar-refractivity contribution in [2.75, 3.05) is 0 Å². The lowest BCUT2D eigenvalue weighted by Crippen LogP contribution is -2.31. The van der Waals surface area contributed by atoms with E-state index in [1.807, 2.05) is 31.2 Å². The molecule has 0 unspecified atom stereocenters. The zero-order chi connectivity index (χ0) is 16.9. The lowest BCUT2D eigenvalue weighted by atomic mass is 9.89. The lowest BCUT2D eigenvalue weighted by molar-refractivity contribution is -0.120. The van der Waals surface area contributed by atoms with Crippen LogP contribution < -0.4 is 5.43 Å². The number of hydrazone groups is 1. The van der Waals surface area contributed by atoms with E-state index in [0.29, 0.717) is 5.92 Å². The topological polar surface area (TPSA) is 70.1 Å². The summed E-state index contributed by atoms with van der Waals surface area (Å²) < 4.78 is 0. The second-order valence-electron chi connectivity index (χ2n) is 6.30. The first kappa shape index (κ1) is 17.0. The largest absolute Gasteiger partial charge is 0.333 e. The van der Waals surface area contributed by atoms with Gasteiger partial charge in [-0.1, -0.05) is 44.2 Å². The number of imidazole rings is 1. The molecule has 2 atom stereocenters. The number of carbonyl (C=O) groups excluding carboxylic acids is 1. The van der Waals surface area contributed by atoms with E-state index in [0.717, 1.165) is 34.7 Å². The van der Waals surface area contributed by atoms with Gasteiger partial charge < -0.3 is 4.98 Å². The van der Waals surface area contributed by atoms with Crippen LogP contribution in [0.2, 0.25) is 0 Å². The van der Waals surface area contributed by atoms with Gasteiger partial charge in [-0.3, -0.25) is 4.79 Å². The summed E-state index contributed by atoms with van der Waals surface area (Å²) >= 11 is 1.46. The van der Waals surface area contributed by atoms with Crippen LogP contribution in [-0.2, 0) is 4.79 Å². The number of fused-ring (bicyclic) bond motifs is 1. The molecular formula is C18H24N4OS. The van der Waals surface area contributed by atoms with Crippen molar-refractivity contribution in [1.29, 1.82) is 0 Å². The molecule has 0 aliphatic heterocycles. The molecule has 128 valence electrons. The molecule has 1 amide bonds. The highest BCUT2D eigenvalue weighted by molar-refractivity contribution is 8.00. The zero-order valence-corrected chi connectivity index (χ0v) is 15.0. The molecule has 2 N–H and O–H groups in total. The number of nitrogens with one attached hydrogen (secondary N) is 2. The maximum absolute atomic E-state index is 12.5. The van der Waals surface area contributed by atoms with Crippen molar-refractivity contribution >= 4 is 34.4 Å². The average molecular weight is 344 g/mol. The molecule has 6 heteroatoms. The summed E-state index contributed by atoms with van der Waals surface area (Å²) in [5, 5.41) is 4.97. The number of thioether (sulfide) groups is 1. The molecule has 24 heavy (non-hydrogen) atoms. The molecule has 3 rings (SSSR count). The normalized spacial score (nSPS) is 21.1. The van der Waals surface area contributed by atoms with E-state index in [2.05, 4.69) is 27.4 Å². The van der Waals surface area contributed by atoms with Crippen LogP contribution in [-0.4, -0.2) is 26.8 Å². The van der Waals surface area contributed by atoms with Crippen LogP contribution >= 0.6 is 11.8 Å². The van der Waals surface area contributed by atoms with Crippen molar-refractivity contribution in [2.24, 2.45) is 11.0 Å². The first-order chi connectivity index (χ1) is 11.7. The number of H-pyrrole nitrogens is 1. The van der Waals surface area contributed by atoms with Crippen LogP contribution in [0.4, 0.5) is 0 Å². The van der Waals surface area contributed by atoms with Crippen molar-refractivity contribution in [1.82, 2.24) is 15.4 Å². The minimum atomic E-state index is -0.200. The van der Waals surface area contributed by atoms with Crippen molar-refractivity contribution in [3.8, 4) is 0 Å². The molecule has 0 spiro atoms. The van der Waals surface area contributed by atoms with E-state index < -0.39 is 0 Å². The summed E-state index contributed by atoms with van der Waals surface area (Å²) in [6, 6.07) is 7.89. The van der Waals surface area contributed by atoms with Gasteiger partial charge in [0.05, 0.1) is 16.3 Å². The highest BCUT2D eigenvalue weighted by Crippen LogP contribution is 2.26. The smallest absolute Gasteiger partial charge is 0.253 e. The molecule has 1 aromatic heterocycles. The Balaban J connectivity index is 1.64. The van der Waals surface area contributed by atoms with Crippen molar-refractivity contribution in [3.05, 3.63) is 24.3 Å². The average Bonchev–Trinajstić information content (AvgIpc) is 3.01. The Labute approximate surface area is 146 Å². The summed E-state index contributed by atoms with van der Waals surface area (Å²) in [7, 11) is 0. The van der Waals surface area contributed by atoms with Crippen LogP contribution in [0.25, 0.3) is 11.0 Å². The van der Waals surface area contributed by atoms with Crippen LogP contribution in [0, 0.1) is 5.92 Å². The summed E-state index contributed by atoms with van der Waals surface area (Å²) in [4.78, 5) is 20.3. The van der Waals surface area contributed by atoms with E-state index in [4.69, 9.17) is 0 Å². The van der Waals surface area contributed by atoms with E-state index in [-0.39, 0.29) is 11.2 Å². The summed E-state index contributed by atoms with van der Waals surface area (Å²) in [6.45, 7) is 4.20. The number of rotatable bonds is 5. The Hall–Kier alpha value is -1.82. The van der Waals surface area contributed by atoms with Crippen LogP contribution in [0.1, 0.15) is 46.0 Å². The Morgan fingerprint density at radius 2 is 2.29 bits per heavy atom. The third-order valence-corrected chi connectivity index (χ3v) is 5.73. The molecule has 1 aromatic carbocycles. The fourth-order valence-corrected chi connectivity index (χ4v) is 3.89. The molecule has 0 bridgehead atoms. The van der Waals surface area contributed by atoms with Gasteiger partial charge in [-0.25, -0.2) is 10.4 Å². The molecule has 0 saturated heterocycles. The Morgan fingerprint density at radius 3 is 3.04 bits per heavy atom. The molecule has 1 aliphatic carbocycles. The second-order valence-corrected chi connectivity index (χ2v) is 7.49. The molecule has 1 aliphatic rings. The summed E-state index contributed by atoms with van der Waals surface area (Å²) in [5.74, 6) is 0.426. The molecule has 1 saturated carbocycles. The number of amides is 1. The number of hydrogen-bond donors (Lipinski definition) is 2. The Kier molecular flexibility index (Phi) is 5.56. The number of aromatic amines is 1. The Morgan fingerprint density at radius 1 is 1.46 bits per heavy atom. The molecule has 0 radical (unpaired) electrons. The molecule has 2 aromatic rings. The monoisotopic (exact) mass is 344 g/mol. The molecule has 1 heterocycles. The molecule has 5 nitrogen and oxygen atoms in total. The Bertz CT molecular complexity index is 706. The third-order valence-electron chi connectivity index (χ3n) is 4.48. The molecular weight excluding hydrogens is 320 g/mol. The van der Waals surface area contributed by atoms with Crippen molar-refractivity contribution in [3.63, 3.8) is 0 Å². The number of nitrogens with zero attached hydrogens (tertiary/aromatic N) is 2. The standard InChI is InChI=1S/C18H24N4OS/c1-3-16(17(23)22-21-13-9-5-4-8-12(13)2)24-18-19-14-10-6-7-11-15(14)20-18/h6-7,10-12,16H,3-5,8-9H2,1-2H3,(H,19,20)(H,22,23)/b21-13+/t12-,16+/m0/s1. The summed E-state index contributed by atoms with van der Waals surface area (Å²) in [5.41, 5.74) is 5.81. The SMILES string of the molecule is CC[C@@H](Sc1nc2ccccc2[nH]1)C(=O)N/N=C1\CCCC[C@@H]1C. The van der Waals surface area contributed by atoms with Gasteiger partial charge in [-0.2, -0.15) is 5.10 Å². The van der Waals surface area contributed by atoms with E-state index >= 15 is 0 Å².